The van der Waals surface area contributed by atoms with Crippen molar-refractivity contribution in [3.63, 3.8) is 0 Å². The maximum atomic E-state index is 9.15. The maximum absolute atomic E-state index is 9.15. The average molecular weight is 222 g/mol. The minimum absolute atomic E-state index is 0.0201. The van der Waals surface area contributed by atoms with Crippen molar-refractivity contribution in [3.8, 4) is 5.75 Å². The normalized spacial score (nSPS) is 17.8. The molecule has 1 aromatic carbocycles. The van der Waals surface area contributed by atoms with Crippen LogP contribution in [0.25, 0.3) is 0 Å². The Hall–Kier alpha value is -1.04. The first kappa shape index (κ1) is 11.5. The van der Waals surface area contributed by atoms with E-state index in [0.717, 1.165) is 5.56 Å². The van der Waals surface area contributed by atoms with E-state index in [9.17, 15) is 0 Å². The number of hydrogen-bond donors (Lipinski definition) is 2. The molecule has 0 spiro atoms. The molecule has 0 radical (unpaired) electrons. The molecular formula is C11H15BO4. The Morgan fingerprint density at radius 2 is 2.06 bits per heavy atom. The summed E-state index contributed by atoms with van der Waals surface area (Å²) >= 11 is 0. The number of ether oxygens (including phenoxy) is 2. The van der Waals surface area contributed by atoms with Crippen LogP contribution in [0.2, 0.25) is 0 Å². The summed E-state index contributed by atoms with van der Waals surface area (Å²) in [6, 6.07) is 5.42. The van der Waals surface area contributed by atoms with Crippen molar-refractivity contribution in [1.82, 2.24) is 0 Å². The predicted molar refractivity (Wildman–Crippen MR) is 61.0 cm³/mol. The molecule has 1 fully saturated rings. The highest BCUT2D eigenvalue weighted by atomic mass is 16.5. The van der Waals surface area contributed by atoms with Crippen molar-refractivity contribution in [1.29, 1.82) is 0 Å². The molecule has 0 amide bonds. The Kier molecular flexibility index (Phi) is 2.92. The molecule has 2 rings (SSSR count). The summed E-state index contributed by atoms with van der Waals surface area (Å²) in [5, 5.41) is 18.3. The Labute approximate surface area is 95.0 Å². The Morgan fingerprint density at radius 1 is 1.38 bits per heavy atom. The van der Waals surface area contributed by atoms with Crippen molar-refractivity contribution in [2.24, 2.45) is 0 Å². The topological polar surface area (TPSA) is 58.9 Å². The summed E-state index contributed by atoms with van der Waals surface area (Å²) in [6.07, 6.45) is 0. The van der Waals surface area contributed by atoms with Crippen molar-refractivity contribution in [2.45, 2.75) is 12.3 Å². The predicted octanol–water partition coefficient (Wildman–Crippen LogP) is -0.337. The molecule has 1 heterocycles. The monoisotopic (exact) mass is 222 g/mol. The van der Waals surface area contributed by atoms with Crippen LogP contribution in [0.4, 0.5) is 0 Å². The third kappa shape index (κ3) is 1.82. The van der Waals surface area contributed by atoms with Gasteiger partial charge in [0.15, 0.2) is 0 Å². The van der Waals surface area contributed by atoms with Crippen LogP contribution in [-0.2, 0) is 10.2 Å². The fourth-order valence-electron chi connectivity index (χ4n) is 1.87. The fourth-order valence-corrected chi connectivity index (χ4v) is 1.87. The van der Waals surface area contributed by atoms with Crippen LogP contribution in [-0.4, -0.2) is 37.5 Å². The average Bonchev–Trinajstić information content (AvgIpc) is 2.24. The molecule has 0 saturated carbocycles. The molecule has 0 atom stereocenters. The lowest BCUT2D eigenvalue weighted by molar-refractivity contribution is -0.0500. The molecule has 1 saturated heterocycles. The zero-order valence-electron chi connectivity index (χ0n) is 9.43. The van der Waals surface area contributed by atoms with Gasteiger partial charge in [0.25, 0.3) is 0 Å². The highest BCUT2D eigenvalue weighted by Crippen LogP contribution is 2.32. The van der Waals surface area contributed by atoms with Gasteiger partial charge in [-0.25, -0.2) is 0 Å². The molecule has 1 aromatic rings. The first-order valence-electron chi connectivity index (χ1n) is 5.19. The second-order valence-electron chi connectivity index (χ2n) is 4.38. The van der Waals surface area contributed by atoms with Gasteiger partial charge in [-0.2, -0.15) is 0 Å². The smallest absolute Gasteiger partial charge is 0.492 e. The molecule has 5 heteroatoms. The van der Waals surface area contributed by atoms with Gasteiger partial charge in [-0.15, -0.1) is 0 Å². The second-order valence-corrected chi connectivity index (χ2v) is 4.38. The molecule has 2 N–H and O–H groups in total. The number of methoxy groups -OCH3 is 1. The zero-order chi connectivity index (χ0) is 11.8. The van der Waals surface area contributed by atoms with Gasteiger partial charge in [0.1, 0.15) is 5.75 Å². The summed E-state index contributed by atoms with van der Waals surface area (Å²) in [4.78, 5) is 0. The number of rotatable bonds is 3. The molecule has 0 aromatic heterocycles. The lowest BCUT2D eigenvalue weighted by atomic mass is 9.75. The highest BCUT2D eigenvalue weighted by Gasteiger charge is 2.36. The molecule has 4 nitrogen and oxygen atoms in total. The largest absolute Gasteiger partial charge is 0.497 e. The van der Waals surface area contributed by atoms with Crippen molar-refractivity contribution >= 4 is 12.6 Å². The van der Waals surface area contributed by atoms with Crippen molar-refractivity contribution < 1.29 is 19.5 Å². The lowest BCUT2D eigenvalue weighted by Crippen LogP contribution is -2.44. The standard InChI is InChI=1S/C11H15BO4/c1-11(6-16-7-11)8-3-4-9(12(13)14)10(5-8)15-2/h3-5,13-14H,6-7H2,1-2H3. The maximum Gasteiger partial charge on any atom is 0.492 e. The third-order valence-electron chi connectivity index (χ3n) is 3.05. The molecule has 16 heavy (non-hydrogen) atoms. The van der Waals surface area contributed by atoms with E-state index >= 15 is 0 Å². The van der Waals surface area contributed by atoms with E-state index < -0.39 is 7.12 Å². The highest BCUT2D eigenvalue weighted by molar-refractivity contribution is 6.59. The van der Waals surface area contributed by atoms with Crippen LogP contribution < -0.4 is 10.2 Å². The molecular weight excluding hydrogens is 207 g/mol. The van der Waals surface area contributed by atoms with Crippen LogP contribution >= 0.6 is 0 Å². The minimum atomic E-state index is -1.51. The summed E-state index contributed by atoms with van der Waals surface area (Å²) in [5.74, 6) is 0.501. The van der Waals surface area contributed by atoms with E-state index in [0.29, 0.717) is 24.4 Å². The summed E-state index contributed by atoms with van der Waals surface area (Å²) < 4.78 is 10.4. The second kappa shape index (κ2) is 4.09. The van der Waals surface area contributed by atoms with Gasteiger partial charge >= 0.3 is 7.12 Å². The quantitative estimate of drug-likeness (QED) is 0.687. The van der Waals surface area contributed by atoms with Gasteiger partial charge < -0.3 is 19.5 Å². The van der Waals surface area contributed by atoms with Gasteiger partial charge in [-0.1, -0.05) is 19.1 Å². The third-order valence-corrected chi connectivity index (χ3v) is 3.05. The zero-order valence-corrected chi connectivity index (χ0v) is 9.43. The van der Waals surface area contributed by atoms with E-state index in [1.54, 1.807) is 6.07 Å². The van der Waals surface area contributed by atoms with Gasteiger partial charge in [0.05, 0.1) is 20.3 Å². The molecule has 1 aliphatic rings. The Balaban J connectivity index is 2.36. The first-order valence-corrected chi connectivity index (χ1v) is 5.19. The van der Waals surface area contributed by atoms with Crippen LogP contribution in [0.3, 0.4) is 0 Å². The van der Waals surface area contributed by atoms with E-state index in [1.807, 2.05) is 12.1 Å². The summed E-state index contributed by atoms with van der Waals surface area (Å²) in [7, 11) is 0.0133. The van der Waals surface area contributed by atoms with Gasteiger partial charge in [0, 0.05) is 10.9 Å². The first-order chi connectivity index (χ1) is 7.57. The van der Waals surface area contributed by atoms with E-state index in [2.05, 4.69) is 6.92 Å². The van der Waals surface area contributed by atoms with Crippen molar-refractivity contribution in [2.75, 3.05) is 20.3 Å². The summed E-state index contributed by atoms with van der Waals surface area (Å²) in [6.45, 7) is 3.49. The molecule has 0 unspecified atom stereocenters. The van der Waals surface area contributed by atoms with Gasteiger partial charge in [-0.05, 0) is 11.6 Å². The van der Waals surface area contributed by atoms with Crippen molar-refractivity contribution in [3.05, 3.63) is 23.8 Å². The molecule has 1 aliphatic heterocycles. The van der Waals surface area contributed by atoms with E-state index in [4.69, 9.17) is 19.5 Å². The van der Waals surface area contributed by atoms with Crippen LogP contribution in [0, 0.1) is 0 Å². The van der Waals surface area contributed by atoms with E-state index in [-0.39, 0.29) is 5.41 Å². The van der Waals surface area contributed by atoms with Gasteiger partial charge in [0.2, 0.25) is 0 Å². The van der Waals surface area contributed by atoms with Crippen LogP contribution in [0.5, 0.6) is 5.75 Å². The fraction of sp³-hybridized carbons (Fsp3) is 0.455. The Bertz CT molecular complexity index is 388. The van der Waals surface area contributed by atoms with Crippen LogP contribution in [0.15, 0.2) is 18.2 Å². The van der Waals surface area contributed by atoms with Gasteiger partial charge in [-0.3, -0.25) is 0 Å². The Morgan fingerprint density at radius 3 is 2.50 bits per heavy atom. The summed E-state index contributed by atoms with van der Waals surface area (Å²) in [5.41, 5.74) is 1.50. The molecule has 0 bridgehead atoms. The number of benzene rings is 1. The molecule has 86 valence electrons. The minimum Gasteiger partial charge on any atom is -0.497 e. The lowest BCUT2D eigenvalue weighted by Gasteiger charge is -2.38. The van der Waals surface area contributed by atoms with E-state index in [1.165, 1.54) is 7.11 Å². The van der Waals surface area contributed by atoms with Crippen LogP contribution in [0.1, 0.15) is 12.5 Å². The SMILES string of the molecule is COc1cc(C2(C)COC2)ccc1B(O)O. The number of hydrogen-bond acceptors (Lipinski definition) is 4. The molecule has 0 aliphatic carbocycles.